The average molecular weight is 343 g/mol. The third-order valence-corrected chi connectivity index (χ3v) is 3.64. The van der Waals surface area contributed by atoms with Gasteiger partial charge in [0, 0.05) is 5.69 Å². The number of hydrogen-bond acceptors (Lipinski definition) is 4. The molecule has 3 aromatic rings. The Morgan fingerprint density at radius 3 is 2.62 bits per heavy atom. The van der Waals surface area contributed by atoms with Crippen LogP contribution in [0.25, 0.3) is 5.69 Å². The minimum Gasteiger partial charge on any atom is -0.479 e. The molecule has 0 radical (unpaired) electrons. The van der Waals surface area contributed by atoms with Gasteiger partial charge in [0.1, 0.15) is 18.4 Å². The predicted molar refractivity (Wildman–Crippen MR) is 91.5 cm³/mol. The van der Waals surface area contributed by atoms with Crippen LogP contribution >= 0.6 is 11.6 Å². The number of para-hydroxylation sites is 1. The first kappa shape index (κ1) is 16.0. The van der Waals surface area contributed by atoms with Gasteiger partial charge in [-0.2, -0.15) is 5.10 Å². The molecular weight excluding hydrogens is 328 g/mol. The van der Waals surface area contributed by atoms with Crippen molar-refractivity contribution in [2.75, 3.05) is 5.32 Å². The second kappa shape index (κ2) is 7.14. The van der Waals surface area contributed by atoms with E-state index >= 15 is 0 Å². The van der Waals surface area contributed by atoms with E-state index in [9.17, 15) is 4.79 Å². The van der Waals surface area contributed by atoms with E-state index in [1.54, 1.807) is 54.3 Å². The molecule has 0 aliphatic carbocycles. The fourth-order valence-corrected chi connectivity index (χ4v) is 2.25. The fourth-order valence-electron chi connectivity index (χ4n) is 2.07. The number of carbonyl (C=O) groups is 1. The lowest BCUT2D eigenvalue weighted by Crippen LogP contribution is -2.30. The minimum absolute atomic E-state index is 0.261. The van der Waals surface area contributed by atoms with Gasteiger partial charge >= 0.3 is 0 Å². The second-order valence-electron chi connectivity index (χ2n) is 5.07. The summed E-state index contributed by atoms with van der Waals surface area (Å²) in [7, 11) is 0. The highest BCUT2D eigenvalue weighted by atomic mass is 35.5. The van der Waals surface area contributed by atoms with Gasteiger partial charge in [0.2, 0.25) is 0 Å². The van der Waals surface area contributed by atoms with Crippen molar-refractivity contribution in [3.63, 3.8) is 0 Å². The number of benzene rings is 2. The molecular formula is C17H15ClN4O2. The lowest BCUT2D eigenvalue weighted by molar-refractivity contribution is -0.122. The van der Waals surface area contributed by atoms with Gasteiger partial charge in [-0.15, -0.1) is 0 Å². The number of amides is 1. The largest absolute Gasteiger partial charge is 0.479 e. The fraction of sp³-hybridized carbons (Fsp3) is 0.118. The summed E-state index contributed by atoms with van der Waals surface area (Å²) < 4.78 is 7.23. The van der Waals surface area contributed by atoms with Crippen LogP contribution in [0.5, 0.6) is 5.75 Å². The highest BCUT2D eigenvalue weighted by molar-refractivity contribution is 6.32. The SMILES string of the molecule is CC(Oc1ccccc1Cl)C(=O)Nc1ccc(-n2cncn2)cc1. The van der Waals surface area contributed by atoms with Gasteiger partial charge in [-0.1, -0.05) is 23.7 Å². The summed E-state index contributed by atoms with van der Waals surface area (Å²) in [5, 5.41) is 7.31. The summed E-state index contributed by atoms with van der Waals surface area (Å²) in [5.41, 5.74) is 1.52. The van der Waals surface area contributed by atoms with Crippen molar-refractivity contribution in [2.45, 2.75) is 13.0 Å². The number of nitrogens with one attached hydrogen (secondary N) is 1. The van der Waals surface area contributed by atoms with Gasteiger partial charge in [0.15, 0.2) is 6.10 Å². The van der Waals surface area contributed by atoms with Gasteiger partial charge in [0.05, 0.1) is 10.7 Å². The lowest BCUT2D eigenvalue weighted by Gasteiger charge is -2.15. The number of nitrogens with zero attached hydrogens (tertiary/aromatic N) is 3. The normalized spacial score (nSPS) is 11.8. The molecule has 1 N–H and O–H groups in total. The smallest absolute Gasteiger partial charge is 0.265 e. The van der Waals surface area contributed by atoms with Crippen molar-refractivity contribution in [3.05, 3.63) is 66.2 Å². The summed E-state index contributed by atoms with van der Waals surface area (Å²) >= 11 is 6.03. The zero-order valence-corrected chi connectivity index (χ0v) is 13.6. The van der Waals surface area contributed by atoms with E-state index in [0.717, 1.165) is 5.69 Å². The van der Waals surface area contributed by atoms with E-state index in [1.807, 2.05) is 12.1 Å². The third-order valence-electron chi connectivity index (χ3n) is 3.33. The standard InChI is InChI=1S/C17H15ClN4O2/c1-12(24-16-5-3-2-4-15(16)18)17(23)21-13-6-8-14(9-7-13)22-11-19-10-20-22/h2-12H,1H3,(H,21,23). The van der Waals surface area contributed by atoms with Crippen molar-refractivity contribution in [2.24, 2.45) is 0 Å². The van der Waals surface area contributed by atoms with E-state index in [2.05, 4.69) is 15.4 Å². The monoisotopic (exact) mass is 342 g/mol. The van der Waals surface area contributed by atoms with Gasteiger partial charge in [-0.3, -0.25) is 4.79 Å². The first-order valence-electron chi connectivity index (χ1n) is 7.30. The number of rotatable bonds is 5. The first-order valence-corrected chi connectivity index (χ1v) is 7.68. The van der Waals surface area contributed by atoms with Crippen LogP contribution in [0.3, 0.4) is 0 Å². The van der Waals surface area contributed by atoms with Crippen LogP contribution in [0.15, 0.2) is 61.2 Å². The Bertz CT molecular complexity index is 819. The van der Waals surface area contributed by atoms with Crippen LogP contribution in [-0.2, 0) is 4.79 Å². The first-order chi connectivity index (χ1) is 11.6. The van der Waals surface area contributed by atoms with E-state index in [4.69, 9.17) is 16.3 Å². The van der Waals surface area contributed by atoms with Gasteiger partial charge in [0.25, 0.3) is 5.91 Å². The maximum Gasteiger partial charge on any atom is 0.265 e. The molecule has 0 aliphatic rings. The van der Waals surface area contributed by atoms with Crippen molar-refractivity contribution in [3.8, 4) is 11.4 Å². The van der Waals surface area contributed by atoms with Gasteiger partial charge in [-0.25, -0.2) is 9.67 Å². The Kier molecular flexibility index (Phi) is 4.77. The van der Waals surface area contributed by atoms with Crippen LogP contribution in [0.2, 0.25) is 5.02 Å². The summed E-state index contributed by atoms with van der Waals surface area (Å²) in [6.45, 7) is 1.67. The highest BCUT2D eigenvalue weighted by Crippen LogP contribution is 2.24. The van der Waals surface area contributed by atoms with Crippen molar-refractivity contribution >= 4 is 23.2 Å². The predicted octanol–water partition coefficient (Wildman–Crippen LogP) is 3.33. The summed E-state index contributed by atoms with van der Waals surface area (Å²) in [6, 6.07) is 14.3. The van der Waals surface area contributed by atoms with E-state index < -0.39 is 6.10 Å². The maximum atomic E-state index is 12.2. The Hall–Kier alpha value is -2.86. The quantitative estimate of drug-likeness (QED) is 0.772. The molecule has 122 valence electrons. The zero-order chi connectivity index (χ0) is 16.9. The maximum absolute atomic E-state index is 12.2. The molecule has 7 heteroatoms. The molecule has 0 spiro atoms. The lowest BCUT2D eigenvalue weighted by atomic mass is 10.2. The van der Waals surface area contributed by atoms with E-state index in [1.165, 1.54) is 6.33 Å². The topological polar surface area (TPSA) is 69.0 Å². The Labute approximate surface area is 144 Å². The molecule has 1 amide bonds. The molecule has 6 nitrogen and oxygen atoms in total. The third kappa shape index (κ3) is 3.72. The summed E-state index contributed by atoms with van der Waals surface area (Å²) in [6.07, 6.45) is 2.39. The molecule has 24 heavy (non-hydrogen) atoms. The van der Waals surface area contributed by atoms with Crippen LogP contribution in [0.1, 0.15) is 6.92 Å². The van der Waals surface area contributed by atoms with E-state index in [0.29, 0.717) is 16.5 Å². The number of anilines is 1. The van der Waals surface area contributed by atoms with Crippen molar-refractivity contribution in [1.29, 1.82) is 0 Å². The second-order valence-corrected chi connectivity index (χ2v) is 5.47. The molecule has 1 heterocycles. The highest BCUT2D eigenvalue weighted by Gasteiger charge is 2.16. The van der Waals surface area contributed by atoms with Crippen LogP contribution in [0, 0.1) is 0 Å². The van der Waals surface area contributed by atoms with Gasteiger partial charge < -0.3 is 10.1 Å². The van der Waals surface area contributed by atoms with Gasteiger partial charge in [-0.05, 0) is 43.3 Å². The Morgan fingerprint density at radius 1 is 1.21 bits per heavy atom. The zero-order valence-electron chi connectivity index (χ0n) is 12.9. The molecule has 1 atom stereocenters. The van der Waals surface area contributed by atoms with Crippen molar-refractivity contribution < 1.29 is 9.53 Å². The van der Waals surface area contributed by atoms with Crippen LogP contribution in [-0.4, -0.2) is 26.8 Å². The average Bonchev–Trinajstić information content (AvgIpc) is 3.12. The van der Waals surface area contributed by atoms with Crippen LogP contribution in [0.4, 0.5) is 5.69 Å². The molecule has 1 unspecified atom stereocenters. The number of carbonyl (C=O) groups excluding carboxylic acids is 1. The number of hydrogen-bond donors (Lipinski definition) is 1. The Morgan fingerprint density at radius 2 is 1.96 bits per heavy atom. The molecule has 1 aromatic heterocycles. The molecule has 0 aliphatic heterocycles. The van der Waals surface area contributed by atoms with E-state index in [-0.39, 0.29) is 5.91 Å². The molecule has 2 aromatic carbocycles. The van der Waals surface area contributed by atoms with Crippen molar-refractivity contribution in [1.82, 2.24) is 14.8 Å². The minimum atomic E-state index is -0.681. The molecule has 0 fully saturated rings. The summed E-state index contributed by atoms with van der Waals surface area (Å²) in [4.78, 5) is 16.1. The summed E-state index contributed by atoms with van der Waals surface area (Å²) in [5.74, 6) is 0.215. The van der Waals surface area contributed by atoms with Crippen LogP contribution < -0.4 is 10.1 Å². The number of halogens is 1. The number of ether oxygens (including phenoxy) is 1. The molecule has 0 saturated heterocycles. The number of aromatic nitrogens is 3. The molecule has 0 saturated carbocycles. The molecule has 0 bridgehead atoms. The Balaban J connectivity index is 1.63. The molecule has 3 rings (SSSR count).